The van der Waals surface area contributed by atoms with Gasteiger partial charge in [-0.15, -0.1) is 0 Å². The van der Waals surface area contributed by atoms with Crippen molar-refractivity contribution < 1.29 is 4.79 Å². The number of aldehydes is 1. The molecule has 0 amide bonds. The Labute approximate surface area is 64.1 Å². The molecular formula is C8H8N2O. The van der Waals surface area contributed by atoms with Gasteiger partial charge in [0, 0.05) is 12.1 Å². The average molecular weight is 148 g/mol. The van der Waals surface area contributed by atoms with Gasteiger partial charge in [-0.3, -0.25) is 4.79 Å². The van der Waals surface area contributed by atoms with Crippen molar-refractivity contribution in [3.05, 3.63) is 23.4 Å². The Bertz CT molecular complexity index is 312. The van der Waals surface area contributed by atoms with Crippen LogP contribution < -0.4 is 5.32 Å². The van der Waals surface area contributed by atoms with Crippen LogP contribution in [0.25, 0.3) is 6.08 Å². The van der Waals surface area contributed by atoms with Crippen molar-refractivity contribution in [3.63, 3.8) is 0 Å². The maximum Gasteiger partial charge on any atom is 0.166 e. The summed E-state index contributed by atoms with van der Waals surface area (Å²) in [7, 11) is 0. The molecule has 2 N–H and O–H groups in total. The first-order chi connectivity index (χ1) is 5.40. The Morgan fingerprint density at radius 2 is 2.45 bits per heavy atom. The SMILES string of the molecule is O=Cc1cc2c([nH]1)NCC=C2. The zero-order valence-electron chi connectivity index (χ0n) is 5.92. The molecule has 0 spiro atoms. The minimum atomic E-state index is 0.619. The van der Waals surface area contributed by atoms with Crippen molar-refractivity contribution >= 4 is 18.2 Å². The third kappa shape index (κ3) is 0.941. The topological polar surface area (TPSA) is 44.9 Å². The standard InChI is InChI=1S/C8H8N2O/c11-5-7-4-6-2-1-3-9-8(6)10-7/h1-2,4-5,9-10H,3H2. The maximum atomic E-state index is 10.3. The summed E-state index contributed by atoms with van der Waals surface area (Å²) in [5, 5.41) is 3.12. The van der Waals surface area contributed by atoms with Gasteiger partial charge >= 0.3 is 0 Å². The average Bonchev–Trinajstić information content (AvgIpc) is 2.46. The van der Waals surface area contributed by atoms with E-state index in [9.17, 15) is 4.79 Å². The van der Waals surface area contributed by atoms with E-state index in [2.05, 4.69) is 10.3 Å². The fourth-order valence-electron chi connectivity index (χ4n) is 1.18. The fourth-order valence-corrected chi connectivity index (χ4v) is 1.18. The molecule has 56 valence electrons. The van der Waals surface area contributed by atoms with Gasteiger partial charge in [0.2, 0.25) is 0 Å². The van der Waals surface area contributed by atoms with Gasteiger partial charge in [0.15, 0.2) is 6.29 Å². The molecule has 0 saturated carbocycles. The number of H-pyrrole nitrogens is 1. The Morgan fingerprint density at radius 1 is 1.55 bits per heavy atom. The molecule has 1 aliphatic heterocycles. The van der Waals surface area contributed by atoms with Crippen LogP contribution in [0.5, 0.6) is 0 Å². The molecule has 0 bridgehead atoms. The molecular weight excluding hydrogens is 140 g/mol. The van der Waals surface area contributed by atoms with Crippen molar-refractivity contribution in [2.24, 2.45) is 0 Å². The molecule has 1 aliphatic rings. The Balaban J connectivity index is 2.49. The van der Waals surface area contributed by atoms with E-state index in [0.29, 0.717) is 5.69 Å². The Kier molecular flexibility index (Phi) is 1.28. The summed E-state index contributed by atoms with van der Waals surface area (Å²) in [6.45, 7) is 0.825. The predicted molar refractivity (Wildman–Crippen MR) is 43.7 cm³/mol. The molecule has 11 heavy (non-hydrogen) atoms. The van der Waals surface area contributed by atoms with Gasteiger partial charge in [0.05, 0.1) is 5.69 Å². The lowest BCUT2D eigenvalue weighted by Gasteiger charge is -2.06. The molecule has 3 heteroatoms. The second kappa shape index (κ2) is 2.27. The fraction of sp³-hybridized carbons (Fsp3) is 0.125. The third-order valence-electron chi connectivity index (χ3n) is 1.69. The molecule has 0 fully saturated rings. The molecule has 0 unspecified atom stereocenters. The van der Waals surface area contributed by atoms with E-state index in [1.54, 1.807) is 0 Å². The summed E-state index contributed by atoms with van der Waals surface area (Å²) in [5.41, 5.74) is 1.67. The largest absolute Gasteiger partial charge is 0.368 e. The number of aromatic amines is 1. The molecule has 0 saturated heterocycles. The van der Waals surface area contributed by atoms with E-state index in [1.165, 1.54) is 0 Å². The Hall–Kier alpha value is -1.51. The number of rotatable bonds is 1. The summed E-state index contributed by atoms with van der Waals surface area (Å²) in [6.07, 6.45) is 4.83. The third-order valence-corrected chi connectivity index (χ3v) is 1.69. The second-order valence-electron chi connectivity index (χ2n) is 2.46. The van der Waals surface area contributed by atoms with Crippen molar-refractivity contribution in [2.45, 2.75) is 0 Å². The second-order valence-corrected chi connectivity index (χ2v) is 2.46. The van der Waals surface area contributed by atoms with Gasteiger partial charge in [-0.05, 0) is 6.07 Å². The van der Waals surface area contributed by atoms with E-state index in [-0.39, 0.29) is 0 Å². The van der Waals surface area contributed by atoms with Gasteiger partial charge < -0.3 is 10.3 Å². The highest BCUT2D eigenvalue weighted by Crippen LogP contribution is 2.19. The molecule has 0 aromatic carbocycles. The van der Waals surface area contributed by atoms with Crippen LogP contribution >= 0.6 is 0 Å². The highest BCUT2D eigenvalue weighted by atomic mass is 16.1. The first-order valence-electron chi connectivity index (χ1n) is 3.49. The highest BCUT2D eigenvalue weighted by Gasteiger charge is 2.06. The smallest absolute Gasteiger partial charge is 0.166 e. The number of carbonyl (C=O) groups excluding carboxylic acids is 1. The summed E-state index contributed by atoms with van der Waals surface area (Å²) >= 11 is 0. The van der Waals surface area contributed by atoms with E-state index in [1.807, 2.05) is 18.2 Å². The van der Waals surface area contributed by atoms with Crippen LogP contribution in [0.15, 0.2) is 12.1 Å². The van der Waals surface area contributed by atoms with Gasteiger partial charge in [-0.2, -0.15) is 0 Å². The number of fused-ring (bicyclic) bond motifs is 1. The van der Waals surface area contributed by atoms with Crippen molar-refractivity contribution in [2.75, 3.05) is 11.9 Å². The molecule has 2 rings (SSSR count). The first-order valence-corrected chi connectivity index (χ1v) is 3.49. The number of hydrogen-bond acceptors (Lipinski definition) is 2. The van der Waals surface area contributed by atoms with Gasteiger partial charge in [-0.1, -0.05) is 12.2 Å². The van der Waals surface area contributed by atoms with Crippen LogP contribution in [-0.4, -0.2) is 17.8 Å². The van der Waals surface area contributed by atoms with Crippen LogP contribution in [0.1, 0.15) is 16.1 Å². The number of aromatic nitrogens is 1. The zero-order valence-corrected chi connectivity index (χ0v) is 5.92. The zero-order chi connectivity index (χ0) is 7.68. The first kappa shape index (κ1) is 6.22. The lowest BCUT2D eigenvalue weighted by Crippen LogP contribution is -2.02. The number of anilines is 1. The quantitative estimate of drug-likeness (QED) is 0.589. The van der Waals surface area contributed by atoms with Crippen molar-refractivity contribution in [1.29, 1.82) is 0 Å². The van der Waals surface area contributed by atoms with Crippen LogP contribution in [0.4, 0.5) is 5.82 Å². The van der Waals surface area contributed by atoms with E-state index < -0.39 is 0 Å². The van der Waals surface area contributed by atoms with Gasteiger partial charge in [0.1, 0.15) is 5.82 Å². The molecule has 0 radical (unpaired) electrons. The van der Waals surface area contributed by atoms with Crippen LogP contribution in [0, 0.1) is 0 Å². The minimum absolute atomic E-state index is 0.619. The van der Waals surface area contributed by atoms with Gasteiger partial charge in [-0.25, -0.2) is 0 Å². The molecule has 0 atom stereocenters. The van der Waals surface area contributed by atoms with E-state index in [0.717, 1.165) is 24.2 Å². The minimum Gasteiger partial charge on any atom is -0.368 e. The number of hydrogen-bond donors (Lipinski definition) is 2. The number of carbonyl (C=O) groups is 1. The molecule has 2 heterocycles. The summed E-state index contributed by atoms with van der Waals surface area (Å²) in [5.74, 6) is 0.939. The van der Waals surface area contributed by atoms with E-state index >= 15 is 0 Å². The lowest BCUT2D eigenvalue weighted by atomic mass is 10.2. The summed E-state index contributed by atoms with van der Waals surface area (Å²) < 4.78 is 0. The summed E-state index contributed by atoms with van der Waals surface area (Å²) in [6, 6.07) is 1.82. The van der Waals surface area contributed by atoms with Crippen LogP contribution in [0.3, 0.4) is 0 Å². The molecule has 3 nitrogen and oxygen atoms in total. The maximum absolute atomic E-state index is 10.3. The lowest BCUT2D eigenvalue weighted by molar-refractivity contribution is 0.111. The Morgan fingerprint density at radius 3 is 3.18 bits per heavy atom. The van der Waals surface area contributed by atoms with Crippen LogP contribution in [-0.2, 0) is 0 Å². The van der Waals surface area contributed by atoms with Crippen molar-refractivity contribution in [3.8, 4) is 0 Å². The molecule has 1 aromatic heterocycles. The monoisotopic (exact) mass is 148 g/mol. The molecule has 0 aliphatic carbocycles. The number of nitrogens with one attached hydrogen (secondary N) is 2. The van der Waals surface area contributed by atoms with Crippen molar-refractivity contribution in [1.82, 2.24) is 4.98 Å². The van der Waals surface area contributed by atoms with Gasteiger partial charge in [0.25, 0.3) is 0 Å². The molecule has 1 aromatic rings. The highest BCUT2D eigenvalue weighted by molar-refractivity contribution is 5.79. The van der Waals surface area contributed by atoms with E-state index in [4.69, 9.17) is 0 Å². The summed E-state index contributed by atoms with van der Waals surface area (Å²) in [4.78, 5) is 13.3. The predicted octanol–water partition coefficient (Wildman–Crippen LogP) is 1.27. The van der Waals surface area contributed by atoms with Crippen LogP contribution in [0.2, 0.25) is 0 Å². The normalized spacial score (nSPS) is 13.8.